The minimum Gasteiger partial charge on any atom is -0.375 e. The van der Waals surface area contributed by atoms with Gasteiger partial charge in [-0.1, -0.05) is 18.2 Å². The lowest BCUT2D eigenvalue weighted by atomic mass is 10.1. The van der Waals surface area contributed by atoms with Crippen LogP contribution in [0.15, 0.2) is 30.5 Å². The number of morpholine rings is 1. The number of fused-ring (bicyclic) bond motifs is 1. The Balaban J connectivity index is 1.52. The van der Waals surface area contributed by atoms with Gasteiger partial charge in [0.15, 0.2) is 0 Å². The zero-order chi connectivity index (χ0) is 14.7. The van der Waals surface area contributed by atoms with Gasteiger partial charge in [-0.05, 0) is 31.4 Å². The Morgan fingerprint density at radius 1 is 1.43 bits per heavy atom. The van der Waals surface area contributed by atoms with Crippen LogP contribution >= 0.6 is 0 Å². The number of H-pyrrole nitrogens is 1. The zero-order valence-electron chi connectivity index (χ0n) is 12.5. The molecule has 3 rings (SSSR count). The van der Waals surface area contributed by atoms with Crippen molar-refractivity contribution in [1.29, 1.82) is 0 Å². The van der Waals surface area contributed by atoms with E-state index in [0.717, 1.165) is 25.9 Å². The smallest absolute Gasteiger partial charge is 0.222 e. The van der Waals surface area contributed by atoms with Crippen molar-refractivity contribution < 1.29 is 9.53 Å². The fraction of sp³-hybridized carbons (Fsp3) is 0.471. The van der Waals surface area contributed by atoms with Gasteiger partial charge in [-0.2, -0.15) is 0 Å². The lowest BCUT2D eigenvalue weighted by Crippen LogP contribution is -2.44. The fourth-order valence-corrected chi connectivity index (χ4v) is 2.97. The maximum atomic E-state index is 12.2. The Labute approximate surface area is 125 Å². The number of carbonyl (C=O) groups excluding carboxylic acids is 1. The van der Waals surface area contributed by atoms with Crippen molar-refractivity contribution >= 4 is 16.8 Å². The third-order valence-electron chi connectivity index (χ3n) is 4.11. The molecule has 1 aliphatic heterocycles. The average Bonchev–Trinajstić information content (AvgIpc) is 2.91. The van der Waals surface area contributed by atoms with Gasteiger partial charge >= 0.3 is 0 Å². The topological polar surface area (TPSA) is 45.3 Å². The van der Waals surface area contributed by atoms with E-state index >= 15 is 0 Å². The van der Waals surface area contributed by atoms with Crippen LogP contribution in [-0.2, 0) is 16.0 Å². The minimum atomic E-state index is 0.163. The SMILES string of the molecule is C[C@@H]1CN(C(=O)CCCc2c[nH]c3ccccc23)CCO1. The molecule has 4 heteroatoms. The number of aromatic amines is 1. The van der Waals surface area contributed by atoms with E-state index in [1.165, 1.54) is 16.5 Å². The van der Waals surface area contributed by atoms with Crippen molar-refractivity contribution in [2.45, 2.75) is 32.3 Å². The van der Waals surface area contributed by atoms with Gasteiger partial charge in [0.2, 0.25) is 5.91 Å². The summed E-state index contributed by atoms with van der Waals surface area (Å²) in [5.41, 5.74) is 2.47. The summed E-state index contributed by atoms with van der Waals surface area (Å²) in [6, 6.07) is 8.30. The summed E-state index contributed by atoms with van der Waals surface area (Å²) in [6.45, 7) is 4.14. The third kappa shape index (κ3) is 3.27. The van der Waals surface area contributed by atoms with Crippen molar-refractivity contribution in [3.05, 3.63) is 36.0 Å². The second kappa shape index (κ2) is 6.31. The van der Waals surface area contributed by atoms with E-state index in [4.69, 9.17) is 4.74 Å². The number of nitrogens with one attached hydrogen (secondary N) is 1. The number of nitrogens with zero attached hydrogens (tertiary/aromatic N) is 1. The number of benzene rings is 1. The molecule has 2 heterocycles. The van der Waals surface area contributed by atoms with E-state index in [1.807, 2.05) is 17.9 Å². The molecule has 2 aromatic rings. The van der Waals surface area contributed by atoms with Crippen molar-refractivity contribution in [3.8, 4) is 0 Å². The Bertz CT molecular complexity index is 620. The number of rotatable bonds is 4. The van der Waals surface area contributed by atoms with Gasteiger partial charge in [-0.3, -0.25) is 4.79 Å². The Hall–Kier alpha value is -1.81. The van der Waals surface area contributed by atoms with Crippen LogP contribution < -0.4 is 0 Å². The van der Waals surface area contributed by atoms with E-state index in [2.05, 4.69) is 29.4 Å². The summed E-state index contributed by atoms with van der Waals surface area (Å²) in [4.78, 5) is 17.4. The Morgan fingerprint density at radius 3 is 3.14 bits per heavy atom. The summed E-state index contributed by atoms with van der Waals surface area (Å²) in [7, 11) is 0. The van der Waals surface area contributed by atoms with Crippen molar-refractivity contribution in [2.24, 2.45) is 0 Å². The molecule has 1 saturated heterocycles. The molecule has 1 atom stereocenters. The molecule has 0 radical (unpaired) electrons. The summed E-state index contributed by atoms with van der Waals surface area (Å²) in [5.74, 6) is 0.255. The highest BCUT2D eigenvalue weighted by molar-refractivity contribution is 5.83. The van der Waals surface area contributed by atoms with Crippen LogP contribution in [0.1, 0.15) is 25.3 Å². The molecule has 1 aliphatic rings. The summed E-state index contributed by atoms with van der Waals surface area (Å²) in [5, 5.41) is 1.27. The zero-order valence-corrected chi connectivity index (χ0v) is 12.5. The van der Waals surface area contributed by atoms with Gasteiger partial charge in [0.05, 0.1) is 12.7 Å². The largest absolute Gasteiger partial charge is 0.375 e. The van der Waals surface area contributed by atoms with Crippen molar-refractivity contribution in [2.75, 3.05) is 19.7 Å². The molecule has 0 aliphatic carbocycles. The highest BCUT2D eigenvalue weighted by atomic mass is 16.5. The number of carbonyl (C=O) groups is 1. The molecule has 1 aromatic heterocycles. The second-order valence-corrected chi connectivity index (χ2v) is 5.73. The molecule has 1 fully saturated rings. The van der Waals surface area contributed by atoms with Crippen LogP contribution in [0.3, 0.4) is 0 Å². The maximum absolute atomic E-state index is 12.2. The molecular weight excluding hydrogens is 264 g/mol. The van der Waals surface area contributed by atoms with E-state index in [9.17, 15) is 4.79 Å². The molecule has 1 amide bonds. The summed E-state index contributed by atoms with van der Waals surface area (Å²) < 4.78 is 5.47. The molecule has 1 N–H and O–H groups in total. The number of hydrogen-bond donors (Lipinski definition) is 1. The molecule has 0 spiro atoms. The van der Waals surface area contributed by atoms with Crippen LogP contribution in [0.2, 0.25) is 0 Å². The van der Waals surface area contributed by atoms with Gasteiger partial charge in [-0.25, -0.2) is 0 Å². The number of para-hydroxylation sites is 1. The molecule has 0 saturated carbocycles. The molecule has 112 valence electrons. The van der Waals surface area contributed by atoms with Crippen LogP contribution in [0.25, 0.3) is 10.9 Å². The highest BCUT2D eigenvalue weighted by Gasteiger charge is 2.20. The van der Waals surface area contributed by atoms with Crippen molar-refractivity contribution in [1.82, 2.24) is 9.88 Å². The monoisotopic (exact) mass is 286 g/mol. The quantitative estimate of drug-likeness (QED) is 0.939. The third-order valence-corrected chi connectivity index (χ3v) is 4.11. The van der Waals surface area contributed by atoms with Crippen LogP contribution in [-0.4, -0.2) is 41.6 Å². The lowest BCUT2D eigenvalue weighted by Gasteiger charge is -2.31. The Kier molecular flexibility index (Phi) is 4.25. The minimum absolute atomic E-state index is 0.163. The molecular formula is C17H22N2O2. The first kappa shape index (κ1) is 14.1. The Morgan fingerprint density at radius 2 is 2.29 bits per heavy atom. The van der Waals surface area contributed by atoms with E-state index in [0.29, 0.717) is 13.0 Å². The van der Waals surface area contributed by atoms with Gasteiger partial charge in [-0.15, -0.1) is 0 Å². The molecule has 21 heavy (non-hydrogen) atoms. The average molecular weight is 286 g/mol. The van der Waals surface area contributed by atoms with Crippen LogP contribution in [0, 0.1) is 0 Å². The predicted molar refractivity (Wildman–Crippen MR) is 83.2 cm³/mol. The van der Waals surface area contributed by atoms with Crippen LogP contribution in [0.4, 0.5) is 0 Å². The van der Waals surface area contributed by atoms with Gasteiger partial charge in [0.1, 0.15) is 0 Å². The normalized spacial score (nSPS) is 19.1. The number of ether oxygens (including phenoxy) is 1. The standard InChI is InChI=1S/C17H22N2O2/c1-13-12-19(9-10-21-13)17(20)8-4-5-14-11-18-16-7-3-2-6-15(14)16/h2-3,6-7,11,13,18H,4-5,8-10,12H2,1H3/t13-/m1/s1. The summed E-state index contributed by atoms with van der Waals surface area (Å²) in [6.07, 6.45) is 4.68. The number of hydrogen-bond acceptors (Lipinski definition) is 2. The van der Waals surface area contributed by atoms with Crippen molar-refractivity contribution in [3.63, 3.8) is 0 Å². The first-order valence-corrected chi connectivity index (χ1v) is 7.68. The summed E-state index contributed by atoms with van der Waals surface area (Å²) >= 11 is 0. The number of amides is 1. The molecule has 1 aromatic carbocycles. The number of aryl methyl sites for hydroxylation is 1. The first-order valence-electron chi connectivity index (χ1n) is 7.68. The lowest BCUT2D eigenvalue weighted by molar-refractivity contribution is -0.138. The molecule has 0 unspecified atom stereocenters. The van der Waals surface area contributed by atoms with E-state index in [1.54, 1.807) is 0 Å². The molecule has 4 nitrogen and oxygen atoms in total. The fourth-order valence-electron chi connectivity index (χ4n) is 2.97. The molecule has 0 bridgehead atoms. The second-order valence-electron chi connectivity index (χ2n) is 5.73. The predicted octanol–water partition coefficient (Wildman–Crippen LogP) is 2.74. The maximum Gasteiger partial charge on any atom is 0.222 e. The van der Waals surface area contributed by atoms with E-state index in [-0.39, 0.29) is 12.0 Å². The van der Waals surface area contributed by atoms with Gasteiger partial charge < -0.3 is 14.6 Å². The van der Waals surface area contributed by atoms with E-state index < -0.39 is 0 Å². The number of aromatic nitrogens is 1. The van der Waals surface area contributed by atoms with Gasteiger partial charge in [0.25, 0.3) is 0 Å². The van der Waals surface area contributed by atoms with Crippen LogP contribution in [0.5, 0.6) is 0 Å². The first-order chi connectivity index (χ1) is 10.2. The highest BCUT2D eigenvalue weighted by Crippen LogP contribution is 2.19. The van der Waals surface area contributed by atoms with Gasteiger partial charge in [0, 0.05) is 36.6 Å².